The molecule has 20 heavy (non-hydrogen) atoms. The smallest absolute Gasteiger partial charge is 0.0848 e. The number of benzene rings is 1. The molecule has 5 heteroatoms. The van der Waals surface area contributed by atoms with Crippen LogP contribution < -0.4 is 5.32 Å². The van der Waals surface area contributed by atoms with E-state index in [0.29, 0.717) is 11.1 Å². The largest absolute Gasteiger partial charge is 0.310 e. The van der Waals surface area contributed by atoms with Gasteiger partial charge in [0, 0.05) is 17.6 Å². The summed E-state index contributed by atoms with van der Waals surface area (Å²) in [5.74, 6) is 0. The minimum absolute atomic E-state index is 0.431. The second-order valence-electron chi connectivity index (χ2n) is 5.21. The van der Waals surface area contributed by atoms with Crippen LogP contribution in [0.15, 0.2) is 18.2 Å². The molecule has 0 radical (unpaired) electrons. The van der Waals surface area contributed by atoms with E-state index < -0.39 is 0 Å². The normalized spacial score (nSPS) is 11.3. The average molecular weight is 312 g/mol. The van der Waals surface area contributed by atoms with E-state index in [1.54, 1.807) is 0 Å². The minimum atomic E-state index is 0.431. The van der Waals surface area contributed by atoms with Crippen molar-refractivity contribution in [3.8, 4) is 5.69 Å². The third-order valence-electron chi connectivity index (χ3n) is 3.18. The highest BCUT2D eigenvalue weighted by atomic mass is 35.5. The zero-order valence-electron chi connectivity index (χ0n) is 12.2. The Bertz CT molecular complexity index is 618. The fraction of sp³-hybridized carbons (Fsp3) is 0.400. The molecule has 0 bridgehead atoms. The van der Waals surface area contributed by atoms with Crippen molar-refractivity contribution < 1.29 is 0 Å². The highest BCUT2D eigenvalue weighted by Gasteiger charge is 2.12. The maximum atomic E-state index is 6.35. The van der Waals surface area contributed by atoms with Crippen LogP contribution in [-0.2, 0) is 6.54 Å². The van der Waals surface area contributed by atoms with Crippen molar-refractivity contribution >= 4 is 23.2 Å². The fourth-order valence-electron chi connectivity index (χ4n) is 2.00. The summed E-state index contributed by atoms with van der Waals surface area (Å²) in [5.41, 5.74) is 3.76. The van der Waals surface area contributed by atoms with Gasteiger partial charge >= 0.3 is 0 Å². The second-order valence-corrected chi connectivity index (χ2v) is 5.99. The first-order chi connectivity index (χ1) is 9.40. The van der Waals surface area contributed by atoms with Crippen LogP contribution in [0, 0.1) is 13.8 Å². The molecule has 0 spiro atoms. The molecule has 0 aliphatic carbocycles. The number of hydrogen-bond donors (Lipinski definition) is 1. The Morgan fingerprint density at radius 2 is 1.95 bits per heavy atom. The summed E-state index contributed by atoms with van der Waals surface area (Å²) in [6.07, 6.45) is 0. The van der Waals surface area contributed by atoms with Crippen molar-refractivity contribution in [2.75, 3.05) is 0 Å². The molecular weight excluding hydrogens is 293 g/mol. The van der Waals surface area contributed by atoms with Gasteiger partial charge in [-0.05, 0) is 31.5 Å². The van der Waals surface area contributed by atoms with Gasteiger partial charge in [-0.2, -0.15) is 5.10 Å². The number of hydrogen-bond acceptors (Lipinski definition) is 2. The van der Waals surface area contributed by atoms with Crippen LogP contribution in [0.5, 0.6) is 0 Å². The van der Waals surface area contributed by atoms with E-state index in [1.165, 1.54) is 0 Å². The van der Waals surface area contributed by atoms with Crippen LogP contribution in [0.2, 0.25) is 10.0 Å². The molecule has 0 unspecified atom stereocenters. The highest BCUT2D eigenvalue weighted by Crippen LogP contribution is 2.25. The molecule has 0 saturated carbocycles. The number of halogens is 2. The van der Waals surface area contributed by atoms with E-state index in [2.05, 4.69) is 24.3 Å². The van der Waals surface area contributed by atoms with E-state index in [4.69, 9.17) is 23.2 Å². The standard InChI is InChI=1S/C15H19Cl2N3/c1-9(2)18-8-12-5-6-13(7-14(12)16)20-11(4)15(17)10(3)19-20/h5-7,9,18H,8H2,1-4H3. The minimum Gasteiger partial charge on any atom is -0.310 e. The molecule has 3 nitrogen and oxygen atoms in total. The van der Waals surface area contributed by atoms with Crippen molar-refractivity contribution in [1.29, 1.82) is 0 Å². The van der Waals surface area contributed by atoms with Gasteiger partial charge in [0.15, 0.2) is 0 Å². The van der Waals surface area contributed by atoms with Crippen LogP contribution in [0.3, 0.4) is 0 Å². The van der Waals surface area contributed by atoms with Gasteiger partial charge in [0.1, 0.15) is 0 Å². The Kier molecular flexibility index (Phi) is 4.74. The van der Waals surface area contributed by atoms with E-state index in [9.17, 15) is 0 Å². The molecule has 0 amide bonds. The Hall–Kier alpha value is -1.03. The molecule has 0 aliphatic rings. The Morgan fingerprint density at radius 3 is 2.45 bits per heavy atom. The lowest BCUT2D eigenvalue weighted by Gasteiger charge is -2.11. The summed E-state index contributed by atoms with van der Waals surface area (Å²) in [6.45, 7) is 8.83. The molecule has 0 aliphatic heterocycles. The van der Waals surface area contributed by atoms with Crippen molar-refractivity contribution in [2.24, 2.45) is 0 Å². The summed E-state index contributed by atoms with van der Waals surface area (Å²) in [6, 6.07) is 6.39. The molecule has 1 aromatic heterocycles. The molecule has 1 N–H and O–H groups in total. The predicted molar refractivity (Wildman–Crippen MR) is 85.0 cm³/mol. The average Bonchev–Trinajstić information content (AvgIpc) is 2.65. The van der Waals surface area contributed by atoms with Gasteiger partial charge in [-0.25, -0.2) is 4.68 Å². The molecule has 1 heterocycles. The molecule has 1 aromatic carbocycles. The topological polar surface area (TPSA) is 29.9 Å². The van der Waals surface area contributed by atoms with Crippen LogP contribution in [-0.4, -0.2) is 15.8 Å². The number of aromatic nitrogens is 2. The highest BCUT2D eigenvalue weighted by molar-refractivity contribution is 6.32. The van der Waals surface area contributed by atoms with Crippen molar-refractivity contribution in [3.63, 3.8) is 0 Å². The van der Waals surface area contributed by atoms with Gasteiger partial charge in [-0.1, -0.05) is 43.1 Å². The van der Waals surface area contributed by atoms with Gasteiger partial charge in [0.05, 0.1) is 22.1 Å². The summed E-state index contributed by atoms with van der Waals surface area (Å²) in [4.78, 5) is 0. The fourth-order valence-corrected chi connectivity index (χ4v) is 2.36. The summed E-state index contributed by atoms with van der Waals surface area (Å²) in [5, 5.41) is 9.23. The molecule has 0 atom stereocenters. The van der Waals surface area contributed by atoms with Crippen LogP contribution >= 0.6 is 23.2 Å². The Balaban J connectivity index is 2.31. The Morgan fingerprint density at radius 1 is 1.25 bits per heavy atom. The SMILES string of the molecule is Cc1nn(-c2ccc(CNC(C)C)c(Cl)c2)c(C)c1Cl. The Labute approximate surface area is 129 Å². The van der Waals surface area contributed by atoms with E-state index >= 15 is 0 Å². The summed E-state index contributed by atoms with van der Waals surface area (Å²) < 4.78 is 1.82. The molecule has 0 fully saturated rings. The quantitative estimate of drug-likeness (QED) is 0.912. The van der Waals surface area contributed by atoms with Crippen LogP contribution in [0.1, 0.15) is 30.8 Å². The lowest BCUT2D eigenvalue weighted by Crippen LogP contribution is -2.22. The monoisotopic (exact) mass is 311 g/mol. The lowest BCUT2D eigenvalue weighted by molar-refractivity contribution is 0.589. The zero-order valence-corrected chi connectivity index (χ0v) is 13.7. The predicted octanol–water partition coefficient (Wildman–Crippen LogP) is 4.29. The van der Waals surface area contributed by atoms with Gasteiger partial charge < -0.3 is 5.32 Å². The molecule has 2 aromatic rings. The van der Waals surface area contributed by atoms with E-state index in [0.717, 1.165) is 34.2 Å². The second kappa shape index (κ2) is 6.17. The molecule has 0 saturated heterocycles. The number of nitrogens with zero attached hydrogens (tertiary/aromatic N) is 2. The van der Waals surface area contributed by atoms with Gasteiger partial charge in [-0.15, -0.1) is 0 Å². The zero-order chi connectivity index (χ0) is 14.9. The van der Waals surface area contributed by atoms with E-state index in [-0.39, 0.29) is 0 Å². The molecule has 108 valence electrons. The number of nitrogens with one attached hydrogen (secondary N) is 1. The first-order valence-electron chi connectivity index (χ1n) is 6.64. The summed E-state index contributed by atoms with van der Waals surface area (Å²) >= 11 is 12.5. The summed E-state index contributed by atoms with van der Waals surface area (Å²) in [7, 11) is 0. The maximum Gasteiger partial charge on any atom is 0.0848 e. The van der Waals surface area contributed by atoms with E-state index in [1.807, 2.05) is 36.7 Å². The van der Waals surface area contributed by atoms with Crippen molar-refractivity contribution in [1.82, 2.24) is 15.1 Å². The maximum absolute atomic E-state index is 6.35. The molecule has 2 rings (SSSR count). The van der Waals surface area contributed by atoms with Crippen LogP contribution in [0.4, 0.5) is 0 Å². The first-order valence-corrected chi connectivity index (χ1v) is 7.39. The number of rotatable bonds is 4. The van der Waals surface area contributed by atoms with Crippen LogP contribution in [0.25, 0.3) is 5.69 Å². The first kappa shape index (κ1) is 15.4. The van der Waals surface area contributed by atoms with Crippen molar-refractivity contribution in [2.45, 2.75) is 40.3 Å². The van der Waals surface area contributed by atoms with Gasteiger partial charge in [0.25, 0.3) is 0 Å². The third-order valence-corrected chi connectivity index (χ3v) is 4.08. The van der Waals surface area contributed by atoms with Crippen molar-refractivity contribution in [3.05, 3.63) is 45.2 Å². The van der Waals surface area contributed by atoms with Gasteiger partial charge in [0.2, 0.25) is 0 Å². The molecular formula is C15H19Cl2N3. The van der Waals surface area contributed by atoms with Gasteiger partial charge in [-0.3, -0.25) is 0 Å². The third kappa shape index (κ3) is 3.17. The lowest BCUT2D eigenvalue weighted by atomic mass is 10.2. The number of aryl methyl sites for hydroxylation is 1.